The van der Waals surface area contributed by atoms with Crippen molar-refractivity contribution in [3.8, 4) is 22.5 Å². The summed E-state index contributed by atoms with van der Waals surface area (Å²) < 4.78 is 5.55. The number of carbonyl (C=O) groups excluding carboxylic acids is 1. The number of aldehydes is 1. The third kappa shape index (κ3) is 2.16. The Bertz CT molecular complexity index is 753. The Kier molecular flexibility index (Phi) is 3.21. The van der Waals surface area contributed by atoms with E-state index in [1.165, 1.54) is 11.1 Å². The van der Waals surface area contributed by atoms with Crippen LogP contribution in [0.5, 0.6) is 0 Å². The Labute approximate surface area is 117 Å². The van der Waals surface area contributed by atoms with Crippen molar-refractivity contribution in [2.24, 2.45) is 0 Å². The minimum absolute atomic E-state index is 0.347. The standard InChI is InChI=1S/C18H14O2/c1-13-6-2-3-7-15(13)16-8-4-5-9-17(16)18-11-10-14(12-19)20-18/h2-12H,1H3. The van der Waals surface area contributed by atoms with Crippen LogP contribution in [0.25, 0.3) is 22.5 Å². The van der Waals surface area contributed by atoms with E-state index in [2.05, 4.69) is 25.1 Å². The number of furan rings is 1. The Morgan fingerprint density at radius 1 is 0.800 bits per heavy atom. The lowest BCUT2D eigenvalue weighted by atomic mass is 9.95. The lowest BCUT2D eigenvalue weighted by Gasteiger charge is -2.10. The van der Waals surface area contributed by atoms with Gasteiger partial charge in [-0.3, -0.25) is 4.79 Å². The molecule has 0 atom stereocenters. The summed E-state index contributed by atoms with van der Waals surface area (Å²) in [5.74, 6) is 1.06. The third-order valence-electron chi connectivity index (χ3n) is 3.37. The summed E-state index contributed by atoms with van der Waals surface area (Å²) in [5.41, 5.74) is 4.49. The number of hydrogen-bond acceptors (Lipinski definition) is 2. The van der Waals surface area contributed by atoms with Crippen LogP contribution in [0, 0.1) is 6.92 Å². The van der Waals surface area contributed by atoms with Gasteiger partial charge in [-0.1, -0.05) is 48.5 Å². The SMILES string of the molecule is Cc1ccccc1-c1ccccc1-c1ccc(C=O)o1. The average molecular weight is 262 g/mol. The van der Waals surface area contributed by atoms with Gasteiger partial charge in [-0.15, -0.1) is 0 Å². The highest BCUT2D eigenvalue weighted by molar-refractivity contribution is 5.83. The molecule has 98 valence electrons. The van der Waals surface area contributed by atoms with Gasteiger partial charge >= 0.3 is 0 Å². The average Bonchev–Trinajstić information content (AvgIpc) is 2.97. The fourth-order valence-electron chi connectivity index (χ4n) is 2.37. The Balaban J connectivity index is 2.18. The zero-order chi connectivity index (χ0) is 13.9. The van der Waals surface area contributed by atoms with Crippen LogP contribution in [-0.4, -0.2) is 6.29 Å². The zero-order valence-electron chi connectivity index (χ0n) is 11.2. The molecule has 2 aromatic carbocycles. The Hall–Kier alpha value is -2.61. The molecule has 3 aromatic rings. The first kappa shape index (κ1) is 12.4. The highest BCUT2D eigenvalue weighted by atomic mass is 16.3. The van der Waals surface area contributed by atoms with Crippen molar-refractivity contribution < 1.29 is 9.21 Å². The number of benzene rings is 2. The molecule has 0 radical (unpaired) electrons. The number of hydrogen-bond donors (Lipinski definition) is 0. The van der Waals surface area contributed by atoms with Crippen molar-refractivity contribution in [3.05, 3.63) is 72.0 Å². The van der Waals surface area contributed by atoms with Gasteiger partial charge in [0.15, 0.2) is 12.0 Å². The molecule has 0 fully saturated rings. The van der Waals surface area contributed by atoms with Crippen molar-refractivity contribution in [3.63, 3.8) is 0 Å². The molecule has 0 aliphatic rings. The van der Waals surface area contributed by atoms with Gasteiger partial charge in [0, 0.05) is 5.56 Å². The molecule has 0 saturated carbocycles. The molecular weight excluding hydrogens is 248 g/mol. The van der Waals surface area contributed by atoms with E-state index in [9.17, 15) is 4.79 Å². The summed E-state index contributed by atoms with van der Waals surface area (Å²) >= 11 is 0. The summed E-state index contributed by atoms with van der Waals surface area (Å²) in [4.78, 5) is 10.8. The second-order valence-corrected chi connectivity index (χ2v) is 4.68. The van der Waals surface area contributed by atoms with Crippen LogP contribution < -0.4 is 0 Å². The van der Waals surface area contributed by atoms with Crippen molar-refractivity contribution in [2.75, 3.05) is 0 Å². The van der Waals surface area contributed by atoms with E-state index in [-0.39, 0.29) is 0 Å². The second-order valence-electron chi connectivity index (χ2n) is 4.68. The lowest BCUT2D eigenvalue weighted by molar-refractivity contribution is 0.110. The molecule has 1 heterocycles. The van der Waals surface area contributed by atoms with Crippen molar-refractivity contribution in [1.29, 1.82) is 0 Å². The summed E-state index contributed by atoms with van der Waals surface area (Å²) in [6.45, 7) is 2.09. The van der Waals surface area contributed by atoms with E-state index in [1.807, 2.05) is 36.4 Å². The molecule has 0 saturated heterocycles. The molecule has 3 rings (SSSR count). The molecule has 0 aliphatic heterocycles. The molecule has 0 N–H and O–H groups in total. The van der Waals surface area contributed by atoms with Crippen molar-refractivity contribution in [1.82, 2.24) is 0 Å². The van der Waals surface area contributed by atoms with Gasteiger partial charge in [0.1, 0.15) is 5.76 Å². The molecule has 0 amide bonds. The first-order valence-electron chi connectivity index (χ1n) is 6.50. The number of aryl methyl sites for hydroxylation is 1. The maximum Gasteiger partial charge on any atom is 0.185 e. The smallest absolute Gasteiger partial charge is 0.185 e. The number of rotatable bonds is 3. The molecular formula is C18H14O2. The van der Waals surface area contributed by atoms with Gasteiger partial charge in [0.2, 0.25) is 0 Å². The molecule has 0 spiro atoms. The Morgan fingerprint density at radius 3 is 2.10 bits per heavy atom. The highest BCUT2D eigenvalue weighted by Crippen LogP contribution is 2.34. The summed E-state index contributed by atoms with van der Waals surface area (Å²) in [6, 6.07) is 19.8. The number of carbonyl (C=O) groups is 1. The van der Waals surface area contributed by atoms with Crippen LogP contribution in [0.1, 0.15) is 16.1 Å². The lowest BCUT2D eigenvalue weighted by Crippen LogP contribution is -1.86. The minimum atomic E-state index is 0.347. The maximum absolute atomic E-state index is 10.8. The molecule has 0 bridgehead atoms. The largest absolute Gasteiger partial charge is 0.453 e. The minimum Gasteiger partial charge on any atom is -0.453 e. The van der Waals surface area contributed by atoms with Gasteiger partial charge in [-0.05, 0) is 35.7 Å². The first-order valence-corrected chi connectivity index (χ1v) is 6.50. The van der Waals surface area contributed by atoms with E-state index in [4.69, 9.17) is 4.42 Å². The summed E-state index contributed by atoms with van der Waals surface area (Å²) in [5, 5.41) is 0. The third-order valence-corrected chi connectivity index (χ3v) is 3.37. The Morgan fingerprint density at radius 2 is 1.45 bits per heavy atom. The fourth-order valence-corrected chi connectivity index (χ4v) is 2.37. The maximum atomic E-state index is 10.8. The van der Waals surface area contributed by atoms with Gasteiger partial charge in [-0.25, -0.2) is 0 Å². The zero-order valence-corrected chi connectivity index (χ0v) is 11.2. The molecule has 2 heteroatoms. The molecule has 0 aliphatic carbocycles. The monoisotopic (exact) mass is 262 g/mol. The summed E-state index contributed by atoms with van der Waals surface area (Å²) in [6.07, 6.45) is 0.722. The molecule has 20 heavy (non-hydrogen) atoms. The van der Waals surface area contributed by atoms with Crippen LogP contribution in [0.2, 0.25) is 0 Å². The second kappa shape index (κ2) is 5.17. The van der Waals surface area contributed by atoms with Crippen LogP contribution >= 0.6 is 0 Å². The fraction of sp³-hybridized carbons (Fsp3) is 0.0556. The van der Waals surface area contributed by atoms with Crippen molar-refractivity contribution >= 4 is 6.29 Å². The van der Waals surface area contributed by atoms with Gasteiger partial charge in [-0.2, -0.15) is 0 Å². The first-order chi connectivity index (χ1) is 9.79. The van der Waals surface area contributed by atoms with Crippen LogP contribution in [0.15, 0.2) is 65.1 Å². The topological polar surface area (TPSA) is 30.2 Å². The predicted octanol–water partition coefficient (Wildman–Crippen LogP) is 4.73. The quantitative estimate of drug-likeness (QED) is 0.638. The van der Waals surface area contributed by atoms with Crippen LogP contribution in [0.3, 0.4) is 0 Å². The summed E-state index contributed by atoms with van der Waals surface area (Å²) in [7, 11) is 0. The van der Waals surface area contributed by atoms with Gasteiger partial charge < -0.3 is 4.42 Å². The van der Waals surface area contributed by atoms with E-state index < -0.39 is 0 Å². The van der Waals surface area contributed by atoms with E-state index >= 15 is 0 Å². The normalized spacial score (nSPS) is 10.4. The van der Waals surface area contributed by atoms with Crippen LogP contribution in [-0.2, 0) is 0 Å². The predicted molar refractivity (Wildman–Crippen MR) is 79.7 cm³/mol. The molecule has 1 aromatic heterocycles. The molecule has 2 nitrogen and oxygen atoms in total. The highest BCUT2D eigenvalue weighted by Gasteiger charge is 2.11. The van der Waals surface area contributed by atoms with Gasteiger partial charge in [0.25, 0.3) is 0 Å². The van der Waals surface area contributed by atoms with E-state index in [1.54, 1.807) is 6.07 Å². The van der Waals surface area contributed by atoms with Crippen molar-refractivity contribution in [2.45, 2.75) is 6.92 Å². The molecule has 0 unspecified atom stereocenters. The van der Waals surface area contributed by atoms with Gasteiger partial charge in [0.05, 0.1) is 0 Å². The van der Waals surface area contributed by atoms with E-state index in [0.29, 0.717) is 11.5 Å². The van der Waals surface area contributed by atoms with E-state index in [0.717, 1.165) is 17.4 Å². The van der Waals surface area contributed by atoms with Crippen LogP contribution in [0.4, 0.5) is 0 Å².